The molecule has 0 N–H and O–H groups in total. The molecule has 4 rings (SSSR count). The van der Waals surface area contributed by atoms with Crippen molar-refractivity contribution in [1.82, 2.24) is 24.8 Å². The number of amides is 1. The van der Waals surface area contributed by atoms with E-state index in [1.807, 2.05) is 17.9 Å². The Labute approximate surface area is 134 Å². The molecule has 1 amide bonds. The molecule has 2 aliphatic heterocycles. The summed E-state index contributed by atoms with van der Waals surface area (Å²) in [7, 11) is 0. The Morgan fingerprint density at radius 3 is 2.57 bits per heavy atom. The minimum atomic E-state index is -0.0270. The molecule has 2 fully saturated rings. The molecule has 7 nitrogen and oxygen atoms in total. The minimum Gasteiger partial charge on any atom is -0.336 e. The molecule has 0 unspecified atom stereocenters. The van der Waals surface area contributed by atoms with Crippen molar-refractivity contribution < 1.29 is 4.79 Å². The molecule has 2 aromatic heterocycles. The van der Waals surface area contributed by atoms with E-state index in [-0.39, 0.29) is 11.9 Å². The van der Waals surface area contributed by atoms with E-state index in [2.05, 4.69) is 24.8 Å². The first-order chi connectivity index (χ1) is 11.2. The van der Waals surface area contributed by atoms with Crippen LogP contribution in [0.2, 0.25) is 0 Å². The Morgan fingerprint density at radius 2 is 1.83 bits per heavy atom. The Morgan fingerprint density at radius 1 is 1.04 bits per heavy atom. The maximum atomic E-state index is 12.7. The van der Waals surface area contributed by atoms with Crippen molar-refractivity contribution in [2.24, 2.45) is 0 Å². The van der Waals surface area contributed by atoms with Gasteiger partial charge in [-0.25, -0.2) is 15.0 Å². The van der Waals surface area contributed by atoms with E-state index >= 15 is 0 Å². The molecule has 0 spiro atoms. The van der Waals surface area contributed by atoms with Gasteiger partial charge in [-0.3, -0.25) is 9.78 Å². The second kappa shape index (κ2) is 5.57. The highest BCUT2D eigenvalue weighted by Gasteiger charge is 2.45. The van der Waals surface area contributed by atoms with Crippen LogP contribution in [-0.2, 0) is 0 Å². The maximum Gasteiger partial charge on any atom is 0.274 e. The van der Waals surface area contributed by atoms with Gasteiger partial charge in [-0.05, 0) is 25.8 Å². The van der Waals surface area contributed by atoms with Crippen LogP contribution in [-0.4, -0.2) is 55.9 Å². The number of aryl methyl sites for hydroxylation is 1. The van der Waals surface area contributed by atoms with Crippen molar-refractivity contribution >= 4 is 11.9 Å². The molecule has 2 atom stereocenters. The fourth-order valence-corrected chi connectivity index (χ4v) is 3.58. The zero-order valence-corrected chi connectivity index (χ0v) is 13.0. The van der Waals surface area contributed by atoms with Gasteiger partial charge in [-0.2, -0.15) is 0 Å². The molecule has 118 valence electrons. The number of hydrogen-bond acceptors (Lipinski definition) is 6. The summed E-state index contributed by atoms with van der Waals surface area (Å²) in [5.74, 6) is 0.727. The van der Waals surface area contributed by atoms with E-state index in [9.17, 15) is 4.79 Å². The summed E-state index contributed by atoms with van der Waals surface area (Å²) in [6, 6.07) is 2.31. The van der Waals surface area contributed by atoms with Crippen molar-refractivity contribution in [2.45, 2.75) is 31.8 Å². The molecule has 0 aromatic carbocycles. The highest BCUT2D eigenvalue weighted by Crippen LogP contribution is 2.34. The molecular formula is C16H18N6O. The molecule has 2 saturated heterocycles. The highest BCUT2D eigenvalue weighted by molar-refractivity contribution is 5.92. The zero-order chi connectivity index (χ0) is 15.8. The van der Waals surface area contributed by atoms with E-state index in [1.165, 1.54) is 0 Å². The normalized spacial score (nSPS) is 23.2. The first kappa shape index (κ1) is 14.0. The second-order valence-electron chi connectivity index (χ2n) is 6.00. The lowest BCUT2D eigenvalue weighted by Crippen LogP contribution is -2.40. The molecule has 0 radical (unpaired) electrons. The Bertz CT molecular complexity index is 704. The summed E-state index contributed by atoms with van der Waals surface area (Å²) in [5, 5.41) is 0. The standard InChI is InChI=1S/C16H18N6O/c1-11-9-20-12(10-19-11)15(23)21-7-3-14-13(21)4-8-22(14)16-17-5-2-6-18-16/h2,5-6,9-10,13-14H,3-4,7-8H2,1H3/t13-,14+/m0/s1. The highest BCUT2D eigenvalue weighted by atomic mass is 16.2. The summed E-state index contributed by atoms with van der Waals surface area (Å²) in [6.45, 7) is 3.48. The number of aromatic nitrogens is 4. The average molecular weight is 310 g/mol. The van der Waals surface area contributed by atoms with Gasteiger partial charge < -0.3 is 9.80 Å². The van der Waals surface area contributed by atoms with Gasteiger partial charge >= 0.3 is 0 Å². The number of hydrogen-bond donors (Lipinski definition) is 0. The summed E-state index contributed by atoms with van der Waals surface area (Å²) in [5.41, 5.74) is 1.24. The van der Waals surface area contributed by atoms with Crippen LogP contribution in [0.25, 0.3) is 0 Å². The van der Waals surface area contributed by atoms with Crippen LogP contribution in [0.4, 0.5) is 5.95 Å². The molecule has 23 heavy (non-hydrogen) atoms. The molecular weight excluding hydrogens is 292 g/mol. The summed E-state index contributed by atoms with van der Waals surface area (Å²) >= 11 is 0. The SMILES string of the molecule is Cc1cnc(C(=O)N2CC[C@@H]3[C@@H]2CCN3c2ncccn2)cn1. The molecule has 0 bridgehead atoms. The lowest BCUT2D eigenvalue weighted by Gasteiger charge is -2.25. The van der Waals surface area contributed by atoms with Crippen molar-refractivity contribution in [3.8, 4) is 0 Å². The maximum absolute atomic E-state index is 12.7. The number of rotatable bonds is 2. The van der Waals surface area contributed by atoms with Crippen molar-refractivity contribution in [1.29, 1.82) is 0 Å². The number of anilines is 1. The number of carbonyl (C=O) groups excluding carboxylic acids is 1. The van der Waals surface area contributed by atoms with Crippen molar-refractivity contribution in [3.63, 3.8) is 0 Å². The zero-order valence-electron chi connectivity index (χ0n) is 13.0. The van der Waals surface area contributed by atoms with Crippen LogP contribution in [0.15, 0.2) is 30.9 Å². The third-order valence-corrected chi connectivity index (χ3v) is 4.65. The monoisotopic (exact) mass is 310 g/mol. The number of fused-ring (bicyclic) bond motifs is 1. The Balaban J connectivity index is 1.54. The van der Waals surface area contributed by atoms with E-state index in [0.29, 0.717) is 11.7 Å². The summed E-state index contributed by atoms with van der Waals surface area (Å²) in [4.78, 5) is 34.0. The van der Waals surface area contributed by atoms with Crippen LogP contribution in [0.5, 0.6) is 0 Å². The smallest absolute Gasteiger partial charge is 0.274 e. The molecule has 2 aliphatic rings. The third-order valence-electron chi connectivity index (χ3n) is 4.65. The van der Waals surface area contributed by atoms with E-state index in [1.54, 1.807) is 24.8 Å². The average Bonchev–Trinajstić information content (AvgIpc) is 3.17. The van der Waals surface area contributed by atoms with Crippen LogP contribution in [0.1, 0.15) is 29.0 Å². The van der Waals surface area contributed by atoms with Crippen LogP contribution in [0.3, 0.4) is 0 Å². The lowest BCUT2D eigenvalue weighted by molar-refractivity contribution is 0.0731. The number of nitrogens with zero attached hydrogens (tertiary/aromatic N) is 6. The lowest BCUT2D eigenvalue weighted by atomic mass is 10.1. The van der Waals surface area contributed by atoms with Crippen LogP contribution in [0, 0.1) is 6.92 Å². The van der Waals surface area contributed by atoms with Gasteiger partial charge in [0, 0.05) is 31.7 Å². The Kier molecular flexibility index (Phi) is 3.40. The number of likely N-dealkylation sites (tertiary alicyclic amines) is 1. The minimum absolute atomic E-state index is 0.0270. The van der Waals surface area contributed by atoms with Gasteiger partial charge in [-0.15, -0.1) is 0 Å². The molecule has 0 aliphatic carbocycles. The van der Waals surface area contributed by atoms with Crippen molar-refractivity contribution in [3.05, 3.63) is 42.2 Å². The predicted molar refractivity (Wildman–Crippen MR) is 84.0 cm³/mol. The largest absolute Gasteiger partial charge is 0.336 e. The van der Waals surface area contributed by atoms with Crippen molar-refractivity contribution in [2.75, 3.05) is 18.0 Å². The molecule has 2 aromatic rings. The van der Waals surface area contributed by atoms with E-state index < -0.39 is 0 Å². The van der Waals surface area contributed by atoms with Gasteiger partial charge in [0.05, 0.1) is 24.0 Å². The number of carbonyl (C=O) groups is 1. The van der Waals surface area contributed by atoms with Gasteiger partial charge in [0.25, 0.3) is 5.91 Å². The molecule has 7 heteroatoms. The second-order valence-corrected chi connectivity index (χ2v) is 6.00. The first-order valence-electron chi connectivity index (χ1n) is 7.87. The van der Waals surface area contributed by atoms with Gasteiger partial charge in [0.2, 0.25) is 5.95 Å². The quantitative estimate of drug-likeness (QED) is 0.826. The molecule has 0 saturated carbocycles. The van der Waals surface area contributed by atoms with Gasteiger partial charge in [0.15, 0.2) is 0 Å². The van der Waals surface area contributed by atoms with Gasteiger partial charge in [0.1, 0.15) is 5.69 Å². The predicted octanol–water partition coefficient (Wildman–Crippen LogP) is 1.07. The fourth-order valence-electron chi connectivity index (χ4n) is 3.58. The van der Waals surface area contributed by atoms with E-state index in [0.717, 1.165) is 37.6 Å². The fraction of sp³-hybridized carbons (Fsp3) is 0.438. The van der Waals surface area contributed by atoms with Gasteiger partial charge in [-0.1, -0.05) is 0 Å². The van der Waals surface area contributed by atoms with Crippen LogP contribution < -0.4 is 4.90 Å². The van der Waals surface area contributed by atoms with E-state index in [4.69, 9.17) is 0 Å². The molecule has 4 heterocycles. The Hall–Kier alpha value is -2.57. The topological polar surface area (TPSA) is 75.1 Å². The summed E-state index contributed by atoms with van der Waals surface area (Å²) < 4.78 is 0. The van der Waals surface area contributed by atoms with Crippen LogP contribution >= 0.6 is 0 Å². The summed E-state index contributed by atoms with van der Waals surface area (Å²) in [6.07, 6.45) is 8.60. The first-order valence-corrected chi connectivity index (χ1v) is 7.87. The third kappa shape index (κ3) is 2.42.